The number of hydrogen-bond acceptors (Lipinski definition) is 4. The van der Waals surface area contributed by atoms with E-state index >= 15 is 0 Å². The molecule has 5 nitrogen and oxygen atoms in total. The molecule has 2 atom stereocenters. The lowest BCUT2D eigenvalue weighted by atomic mass is 10.3. The smallest absolute Gasteiger partial charge is 0.206 e. The monoisotopic (exact) mass is 256 g/mol. The molecule has 0 fully saturated rings. The van der Waals surface area contributed by atoms with Gasteiger partial charge in [-0.2, -0.15) is 0 Å². The van der Waals surface area contributed by atoms with E-state index < -0.39 is 0 Å². The fourth-order valence-corrected chi connectivity index (χ4v) is 2.15. The maximum atomic E-state index is 5.44. The predicted octanol–water partition coefficient (Wildman–Crippen LogP) is 1.25. The van der Waals surface area contributed by atoms with Crippen LogP contribution in [0, 0.1) is 0 Å². The van der Waals surface area contributed by atoms with Gasteiger partial charge in [-0.05, 0) is 25.3 Å². The first-order valence-corrected chi connectivity index (χ1v) is 6.38. The highest BCUT2D eigenvalue weighted by molar-refractivity contribution is 7.10. The molecule has 1 aromatic rings. The van der Waals surface area contributed by atoms with Gasteiger partial charge in [0.1, 0.15) is 0 Å². The van der Waals surface area contributed by atoms with Gasteiger partial charge in [0.2, 0.25) is 5.96 Å². The summed E-state index contributed by atoms with van der Waals surface area (Å²) in [6.07, 6.45) is 0. The molecule has 0 radical (unpaired) electrons. The number of ether oxygens (including phenoxy) is 1. The quantitative estimate of drug-likeness (QED) is 0.321. The van der Waals surface area contributed by atoms with Crippen LogP contribution in [0.4, 0.5) is 0 Å². The number of nitrogens with zero attached hydrogens (tertiary/aromatic N) is 1. The van der Waals surface area contributed by atoms with Gasteiger partial charge in [-0.3, -0.25) is 5.43 Å². The fraction of sp³-hybridized carbons (Fsp3) is 0.545. The van der Waals surface area contributed by atoms with Gasteiger partial charge in [0.25, 0.3) is 0 Å². The lowest BCUT2D eigenvalue weighted by Crippen LogP contribution is -2.47. The van der Waals surface area contributed by atoms with Crippen molar-refractivity contribution in [3.8, 4) is 0 Å². The molecule has 0 aliphatic carbocycles. The van der Waals surface area contributed by atoms with Gasteiger partial charge >= 0.3 is 0 Å². The number of nitrogens with one attached hydrogen (secondary N) is 2. The van der Waals surface area contributed by atoms with Crippen molar-refractivity contribution < 1.29 is 4.74 Å². The first-order valence-electron chi connectivity index (χ1n) is 5.50. The molecule has 4 N–H and O–H groups in total. The van der Waals surface area contributed by atoms with Gasteiger partial charge in [0.05, 0.1) is 12.6 Å². The lowest BCUT2D eigenvalue weighted by molar-refractivity contribution is 0.179. The second-order valence-corrected chi connectivity index (χ2v) is 4.79. The van der Waals surface area contributed by atoms with Crippen LogP contribution in [0.5, 0.6) is 0 Å². The molecule has 0 saturated heterocycles. The number of guanidine groups is 1. The van der Waals surface area contributed by atoms with Gasteiger partial charge in [-0.15, -0.1) is 11.3 Å². The summed E-state index contributed by atoms with van der Waals surface area (Å²) in [6, 6.07) is 4.32. The van der Waals surface area contributed by atoms with Crippen LogP contribution in [0.3, 0.4) is 0 Å². The minimum Gasteiger partial charge on any atom is -0.383 e. The Bertz CT molecular complexity index is 339. The molecule has 0 bridgehead atoms. The second-order valence-electron chi connectivity index (χ2n) is 3.81. The van der Waals surface area contributed by atoms with Gasteiger partial charge < -0.3 is 10.1 Å². The Balaban J connectivity index is 2.60. The number of hydrazine groups is 1. The maximum absolute atomic E-state index is 5.44. The van der Waals surface area contributed by atoms with Crippen LogP contribution in [0.25, 0.3) is 0 Å². The molecular weight excluding hydrogens is 236 g/mol. The van der Waals surface area contributed by atoms with Crippen LogP contribution in [0.1, 0.15) is 24.8 Å². The average molecular weight is 256 g/mol. The fourth-order valence-electron chi connectivity index (χ4n) is 1.43. The average Bonchev–Trinajstić information content (AvgIpc) is 2.81. The van der Waals surface area contributed by atoms with Crippen molar-refractivity contribution in [1.82, 2.24) is 10.7 Å². The third-order valence-electron chi connectivity index (χ3n) is 2.21. The highest BCUT2D eigenvalue weighted by atomic mass is 32.1. The molecule has 6 heteroatoms. The number of aliphatic imine (C=N–C) groups is 1. The molecule has 0 aliphatic heterocycles. The largest absolute Gasteiger partial charge is 0.383 e. The van der Waals surface area contributed by atoms with E-state index in [0.29, 0.717) is 12.6 Å². The molecule has 96 valence electrons. The number of hydrogen-bond donors (Lipinski definition) is 3. The van der Waals surface area contributed by atoms with Crippen LogP contribution in [-0.2, 0) is 4.74 Å². The minimum absolute atomic E-state index is 0.0864. The zero-order valence-electron chi connectivity index (χ0n) is 10.4. The van der Waals surface area contributed by atoms with Crippen molar-refractivity contribution in [2.75, 3.05) is 13.7 Å². The summed E-state index contributed by atoms with van der Waals surface area (Å²) in [4.78, 5) is 5.69. The summed E-state index contributed by atoms with van der Waals surface area (Å²) in [6.45, 7) is 4.64. The Hall–Kier alpha value is -1.11. The van der Waals surface area contributed by atoms with Crippen LogP contribution in [0.2, 0.25) is 0 Å². The number of thiophene rings is 1. The highest BCUT2D eigenvalue weighted by Gasteiger charge is 2.08. The van der Waals surface area contributed by atoms with Crippen LogP contribution >= 0.6 is 11.3 Å². The SMILES string of the molecule is COCC(C)NC(=NC(C)c1cccs1)NN. The summed E-state index contributed by atoms with van der Waals surface area (Å²) < 4.78 is 5.04. The van der Waals surface area contributed by atoms with Gasteiger partial charge in [-0.1, -0.05) is 6.07 Å². The standard InChI is InChI=1S/C11H20N4OS/c1-8(7-16-3)13-11(15-12)14-9(2)10-5-4-6-17-10/h4-6,8-9H,7,12H2,1-3H3,(H2,13,14,15). The topological polar surface area (TPSA) is 71.7 Å². The van der Waals surface area contributed by atoms with Crippen molar-refractivity contribution >= 4 is 17.3 Å². The van der Waals surface area contributed by atoms with Crippen molar-refractivity contribution in [2.24, 2.45) is 10.8 Å². The Labute approximate surface area is 106 Å². The van der Waals surface area contributed by atoms with Crippen molar-refractivity contribution in [3.63, 3.8) is 0 Å². The lowest BCUT2D eigenvalue weighted by Gasteiger charge is -2.16. The molecule has 0 amide bonds. The summed E-state index contributed by atoms with van der Waals surface area (Å²) in [5, 5.41) is 5.19. The Kier molecular flexibility index (Phi) is 5.96. The van der Waals surface area contributed by atoms with E-state index in [-0.39, 0.29) is 12.1 Å². The van der Waals surface area contributed by atoms with Crippen molar-refractivity contribution in [3.05, 3.63) is 22.4 Å². The molecule has 0 spiro atoms. The first kappa shape index (κ1) is 14.0. The summed E-state index contributed by atoms with van der Waals surface area (Å²) in [5.41, 5.74) is 2.57. The third-order valence-corrected chi connectivity index (χ3v) is 3.26. The number of methoxy groups -OCH3 is 1. The number of rotatable bonds is 5. The number of nitrogens with two attached hydrogens (primary N) is 1. The van der Waals surface area contributed by atoms with E-state index in [0.717, 1.165) is 0 Å². The third kappa shape index (κ3) is 4.72. The first-order chi connectivity index (χ1) is 8.17. The molecule has 1 aromatic heterocycles. The summed E-state index contributed by atoms with van der Waals surface area (Å²) in [5.74, 6) is 6.02. The molecule has 1 rings (SSSR count). The van der Waals surface area contributed by atoms with E-state index in [2.05, 4.69) is 21.8 Å². The minimum atomic E-state index is 0.0864. The molecule has 17 heavy (non-hydrogen) atoms. The molecule has 1 heterocycles. The Morgan fingerprint density at radius 1 is 1.59 bits per heavy atom. The van der Waals surface area contributed by atoms with Crippen LogP contribution < -0.4 is 16.6 Å². The Morgan fingerprint density at radius 3 is 2.88 bits per heavy atom. The van der Waals surface area contributed by atoms with Crippen molar-refractivity contribution in [1.29, 1.82) is 0 Å². The second kappa shape index (κ2) is 7.26. The summed E-state index contributed by atoms with van der Waals surface area (Å²) >= 11 is 1.68. The highest BCUT2D eigenvalue weighted by Crippen LogP contribution is 2.21. The zero-order chi connectivity index (χ0) is 12.7. The van der Waals surface area contributed by atoms with Gasteiger partial charge in [-0.25, -0.2) is 10.8 Å². The molecular formula is C11H20N4OS. The normalized spacial score (nSPS) is 15.4. The molecule has 2 unspecified atom stereocenters. The predicted molar refractivity (Wildman–Crippen MR) is 72.0 cm³/mol. The van der Waals surface area contributed by atoms with E-state index in [1.165, 1.54) is 4.88 Å². The van der Waals surface area contributed by atoms with Gasteiger partial charge in [0, 0.05) is 18.0 Å². The molecule has 0 aliphatic rings. The maximum Gasteiger partial charge on any atom is 0.206 e. The Morgan fingerprint density at radius 2 is 2.35 bits per heavy atom. The van der Waals surface area contributed by atoms with Crippen LogP contribution in [0.15, 0.2) is 22.5 Å². The van der Waals surface area contributed by atoms with E-state index in [1.807, 2.05) is 25.3 Å². The molecule has 0 saturated carbocycles. The van der Waals surface area contributed by atoms with E-state index in [4.69, 9.17) is 10.6 Å². The van der Waals surface area contributed by atoms with Crippen molar-refractivity contribution in [2.45, 2.75) is 25.9 Å². The van der Waals surface area contributed by atoms with Gasteiger partial charge in [0.15, 0.2) is 0 Å². The van der Waals surface area contributed by atoms with E-state index in [9.17, 15) is 0 Å². The molecule has 0 aromatic carbocycles. The van der Waals surface area contributed by atoms with Crippen LogP contribution in [-0.4, -0.2) is 25.7 Å². The zero-order valence-corrected chi connectivity index (χ0v) is 11.3. The summed E-state index contributed by atoms with van der Waals surface area (Å²) in [7, 11) is 1.67. The van der Waals surface area contributed by atoms with E-state index in [1.54, 1.807) is 18.4 Å².